The van der Waals surface area contributed by atoms with Gasteiger partial charge >= 0.3 is 0 Å². The predicted molar refractivity (Wildman–Crippen MR) is 66.3 cm³/mol. The normalized spacial score (nSPS) is 32.8. The molecule has 2 saturated carbocycles. The lowest BCUT2D eigenvalue weighted by molar-refractivity contribution is 0.127. The molecule has 2 fully saturated rings. The van der Waals surface area contributed by atoms with Gasteiger partial charge in [-0.2, -0.15) is 0 Å². The Morgan fingerprint density at radius 1 is 1.25 bits per heavy atom. The molecule has 2 rings (SSSR count). The van der Waals surface area contributed by atoms with Crippen molar-refractivity contribution in [3.63, 3.8) is 0 Å². The second-order valence-electron chi connectivity index (χ2n) is 5.52. The quantitative estimate of drug-likeness (QED) is 0.712. The first-order valence-corrected chi connectivity index (χ1v) is 6.74. The summed E-state index contributed by atoms with van der Waals surface area (Å²) in [6.07, 6.45) is 5.95. The summed E-state index contributed by atoms with van der Waals surface area (Å²) < 4.78 is 5.16. The van der Waals surface area contributed by atoms with Gasteiger partial charge in [0.25, 0.3) is 0 Å². The van der Waals surface area contributed by atoms with Gasteiger partial charge in [0.2, 0.25) is 0 Å². The molecule has 0 aliphatic heterocycles. The van der Waals surface area contributed by atoms with Gasteiger partial charge in [0, 0.05) is 33.3 Å². The molecule has 3 atom stereocenters. The Balaban J connectivity index is 1.76. The Morgan fingerprint density at radius 2 is 2.12 bits per heavy atom. The Labute approximate surface area is 99.3 Å². The molecule has 0 amide bonds. The average molecular weight is 226 g/mol. The number of ether oxygens (including phenoxy) is 1. The summed E-state index contributed by atoms with van der Waals surface area (Å²) in [6, 6.07) is 0. The molecule has 3 unspecified atom stereocenters. The molecule has 0 heterocycles. The molecule has 0 aromatic heterocycles. The molecule has 3 nitrogen and oxygen atoms in total. The number of rotatable bonds is 7. The molecule has 2 aliphatic carbocycles. The minimum absolute atomic E-state index is 0.768. The summed E-state index contributed by atoms with van der Waals surface area (Å²) in [7, 11) is 1.78. The van der Waals surface area contributed by atoms with Crippen LogP contribution in [0.1, 0.15) is 25.7 Å². The van der Waals surface area contributed by atoms with Crippen LogP contribution in [0, 0.1) is 17.8 Å². The van der Waals surface area contributed by atoms with Crippen LogP contribution < -0.4 is 5.73 Å². The van der Waals surface area contributed by atoms with Gasteiger partial charge in [0.05, 0.1) is 6.61 Å². The molecule has 94 valence electrons. The highest BCUT2D eigenvalue weighted by Crippen LogP contribution is 2.48. The molecule has 16 heavy (non-hydrogen) atoms. The van der Waals surface area contributed by atoms with Crippen molar-refractivity contribution in [1.82, 2.24) is 4.90 Å². The second-order valence-corrected chi connectivity index (χ2v) is 5.52. The minimum atomic E-state index is 0.768. The molecule has 2 N–H and O–H groups in total. The van der Waals surface area contributed by atoms with Crippen molar-refractivity contribution >= 4 is 0 Å². The van der Waals surface area contributed by atoms with E-state index in [2.05, 4.69) is 4.90 Å². The molecule has 0 saturated heterocycles. The topological polar surface area (TPSA) is 38.5 Å². The van der Waals surface area contributed by atoms with E-state index in [0.29, 0.717) is 0 Å². The van der Waals surface area contributed by atoms with Crippen LogP contribution in [0.15, 0.2) is 0 Å². The summed E-state index contributed by atoms with van der Waals surface area (Å²) in [6.45, 7) is 4.92. The van der Waals surface area contributed by atoms with Crippen LogP contribution in [-0.4, -0.2) is 44.8 Å². The number of methoxy groups -OCH3 is 1. The van der Waals surface area contributed by atoms with Crippen LogP contribution in [0.2, 0.25) is 0 Å². The summed E-state index contributed by atoms with van der Waals surface area (Å²) in [5, 5.41) is 0. The van der Waals surface area contributed by atoms with E-state index < -0.39 is 0 Å². The van der Waals surface area contributed by atoms with Crippen molar-refractivity contribution in [1.29, 1.82) is 0 Å². The van der Waals surface area contributed by atoms with Gasteiger partial charge in [-0.05, 0) is 37.0 Å². The van der Waals surface area contributed by atoms with Crippen LogP contribution in [0.4, 0.5) is 0 Å². The standard InChI is InChI=1S/C13H26N2O/c1-16-7-6-15(5-4-14)10-13-9-11-2-3-12(13)8-11/h11-13H,2-10,14H2,1H3. The molecular formula is C13H26N2O. The zero-order chi connectivity index (χ0) is 11.4. The third kappa shape index (κ3) is 2.96. The molecule has 0 spiro atoms. The van der Waals surface area contributed by atoms with Crippen molar-refractivity contribution in [3.05, 3.63) is 0 Å². The Kier molecular flexibility index (Phi) is 4.62. The molecule has 2 aliphatic rings. The Bertz CT molecular complexity index is 210. The third-order valence-corrected chi connectivity index (χ3v) is 4.43. The van der Waals surface area contributed by atoms with Crippen molar-refractivity contribution < 1.29 is 4.74 Å². The largest absolute Gasteiger partial charge is 0.383 e. The van der Waals surface area contributed by atoms with E-state index in [1.165, 1.54) is 32.2 Å². The van der Waals surface area contributed by atoms with Gasteiger partial charge in [0.15, 0.2) is 0 Å². The van der Waals surface area contributed by atoms with E-state index >= 15 is 0 Å². The van der Waals surface area contributed by atoms with Gasteiger partial charge in [-0.25, -0.2) is 0 Å². The van der Waals surface area contributed by atoms with Gasteiger partial charge in [0.1, 0.15) is 0 Å². The maximum Gasteiger partial charge on any atom is 0.0589 e. The molecule has 2 bridgehead atoms. The highest BCUT2D eigenvalue weighted by molar-refractivity contribution is 4.91. The fourth-order valence-corrected chi connectivity index (χ4v) is 3.63. The number of nitrogens with two attached hydrogens (primary N) is 1. The average Bonchev–Trinajstić information content (AvgIpc) is 2.88. The Morgan fingerprint density at radius 3 is 2.69 bits per heavy atom. The molecule has 0 radical (unpaired) electrons. The number of fused-ring (bicyclic) bond motifs is 2. The fourth-order valence-electron chi connectivity index (χ4n) is 3.63. The van der Waals surface area contributed by atoms with E-state index in [9.17, 15) is 0 Å². The molecule has 0 aromatic rings. The first-order valence-electron chi connectivity index (χ1n) is 6.74. The van der Waals surface area contributed by atoms with Crippen LogP contribution >= 0.6 is 0 Å². The lowest BCUT2D eigenvalue weighted by Crippen LogP contribution is -2.37. The zero-order valence-corrected chi connectivity index (χ0v) is 10.5. The van der Waals surface area contributed by atoms with E-state index in [-0.39, 0.29) is 0 Å². The second kappa shape index (κ2) is 5.99. The van der Waals surface area contributed by atoms with Crippen molar-refractivity contribution in [2.45, 2.75) is 25.7 Å². The highest BCUT2D eigenvalue weighted by Gasteiger charge is 2.39. The zero-order valence-electron chi connectivity index (χ0n) is 10.5. The summed E-state index contributed by atoms with van der Waals surface area (Å²) in [5.41, 5.74) is 5.67. The smallest absolute Gasteiger partial charge is 0.0589 e. The number of nitrogens with zero attached hydrogens (tertiary/aromatic N) is 1. The molecular weight excluding hydrogens is 200 g/mol. The lowest BCUT2D eigenvalue weighted by atomic mass is 9.88. The monoisotopic (exact) mass is 226 g/mol. The SMILES string of the molecule is COCCN(CCN)CC1CC2CCC1C2. The summed E-state index contributed by atoms with van der Waals surface area (Å²) in [4.78, 5) is 2.49. The van der Waals surface area contributed by atoms with Gasteiger partial charge in [-0.15, -0.1) is 0 Å². The van der Waals surface area contributed by atoms with E-state index in [1.807, 2.05) is 0 Å². The van der Waals surface area contributed by atoms with Gasteiger partial charge in [-0.3, -0.25) is 4.90 Å². The van der Waals surface area contributed by atoms with Crippen molar-refractivity contribution in [3.8, 4) is 0 Å². The summed E-state index contributed by atoms with van der Waals surface area (Å²) in [5.74, 6) is 3.02. The first kappa shape index (κ1) is 12.3. The molecule has 0 aromatic carbocycles. The fraction of sp³-hybridized carbons (Fsp3) is 1.00. The number of hydrogen-bond acceptors (Lipinski definition) is 3. The van der Waals surface area contributed by atoms with Crippen molar-refractivity contribution in [2.24, 2.45) is 23.5 Å². The minimum Gasteiger partial charge on any atom is -0.383 e. The maximum absolute atomic E-state index is 5.67. The Hall–Kier alpha value is -0.120. The van der Waals surface area contributed by atoms with E-state index in [4.69, 9.17) is 10.5 Å². The third-order valence-electron chi connectivity index (χ3n) is 4.43. The number of hydrogen-bond donors (Lipinski definition) is 1. The van der Waals surface area contributed by atoms with Crippen LogP contribution in [-0.2, 0) is 4.74 Å². The lowest BCUT2D eigenvalue weighted by Gasteiger charge is -2.29. The van der Waals surface area contributed by atoms with Crippen LogP contribution in [0.5, 0.6) is 0 Å². The van der Waals surface area contributed by atoms with Crippen molar-refractivity contribution in [2.75, 3.05) is 39.9 Å². The highest BCUT2D eigenvalue weighted by atomic mass is 16.5. The summed E-state index contributed by atoms with van der Waals surface area (Å²) >= 11 is 0. The maximum atomic E-state index is 5.67. The van der Waals surface area contributed by atoms with Crippen LogP contribution in [0.25, 0.3) is 0 Å². The predicted octanol–water partition coefficient (Wildman–Crippen LogP) is 1.33. The van der Waals surface area contributed by atoms with Gasteiger partial charge in [-0.1, -0.05) is 6.42 Å². The van der Waals surface area contributed by atoms with E-state index in [0.717, 1.165) is 44.0 Å². The van der Waals surface area contributed by atoms with E-state index in [1.54, 1.807) is 7.11 Å². The van der Waals surface area contributed by atoms with Gasteiger partial charge < -0.3 is 10.5 Å². The molecule has 3 heteroatoms. The van der Waals surface area contributed by atoms with Crippen LogP contribution in [0.3, 0.4) is 0 Å². The first-order chi connectivity index (χ1) is 7.83.